The zero-order chi connectivity index (χ0) is 12.4. The third-order valence-corrected chi connectivity index (χ3v) is 3.00. The number of ether oxygens (including phenoxy) is 1. The maximum Gasteiger partial charge on any atom is 0.148 e. The van der Waals surface area contributed by atoms with Crippen molar-refractivity contribution in [3.05, 3.63) is 51.8 Å². The molecule has 0 aliphatic heterocycles. The van der Waals surface area contributed by atoms with E-state index in [9.17, 15) is 0 Å². The molecule has 0 aliphatic rings. The summed E-state index contributed by atoms with van der Waals surface area (Å²) >= 11 is 11.7. The third kappa shape index (κ3) is 2.90. The Morgan fingerprint density at radius 3 is 2.47 bits per heavy atom. The van der Waals surface area contributed by atoms with Gasteiger partial charge >= 0.3 is 0 Å². The van der Waals surface area contributed by atoms with E-state index in [0.29, 0.717) is 10.9 Å². The minimum atomic E-state index is 0.460. The van der Waals surface area contributed by atoms with Crippen molar-refractivity contribution in [1.82, 2.24) is 4.98 Å². The predicted molar refractivity (Wildman–Crippen MR) is 70.2 cm³/mol. The van der Waals surface area contributed by atoms with Crippen LogP contribution in [0.4, 0.5) is 0 Å². The minimum absolute atomic E-state index is 0.460. The number of nitrogens with zero attached hydrogens (tertiary/aromatic N) is 1. The van der Waals surface area contributed by atoms with Gasteiger partial charge in [0.05, 0.1) is 5.69 Å². The zero-order valence-corrected chi connectivity index (χ0v) is 11.0. The van der Waals surface area contributed by atoms with Crippen molar-refractivity contribution in [2.75, 3.05) is 0 Å². The summed E-state index contributed by atoms with van der Waals surface area (Å²) in [6.45, 7) is 3.78. The molecule has 0 saturated heterocycles. The molecule has 2 aromatic rings. The van der Waals surface area contributed by atoms with Crippen LogP contribution in [0.2, 0.25) is 10.2 Å². The van der Waals surface area contributed by atoms with Gasteiger partial charge in [-0.05, 0) is 49.7 Å². The van der Waals surface area contributed by atoms with Crippen LogP contribution in [0.15, 0.2) is 30.3 Å². The maximum atomic E-state index is 5.95. The highest BCUT2D eigenvalue weighted by Crippen LogP contribution is 2.27. The summed E-state index contributed by atoms with van der Waals surface area (Å²) in [6.07, 6.45) is 0. The Balaban J connectivity index is 2.28. The molecule has 1 heterocycles. The van der Waals surface area contributed by atoms with E-state index in [4.69, 9.17) is 27.9 Å². The van der Waals surface area contributed by atoms with Crippen molar-refractivity contribution in [3.8, 4) is 11.5 Å². The SMILES string of the molecule is Cc1cc(Oc2ccc(Cl)nc2C)ccc1Cl. The fourth-order valence-electron chi connectivity index (χ4n) is 1.43. The van der Waals surface area contributed by atoms with E-state index in [0.717, 1.165) is 22.0 Å². The van der Waals surface area contributed by atoms with E-state index >= 15 is 0 Å². The Labute approximate surface area is 110 Å². The average molecular weight is 268 g/mol. The van der Waals surface area contributed by atoms with Crippen molar-refractivity contribution in [2.24, 2.45) is 0 Å². The normalized spacial score (nSPS) is 10.4. The second-order valence-corrected chi connectivity index (χ2v) is 4.53. The third-order valence-electron chi connectivity index (χ3n) is 2.36. The van der Waals surface area contributed by atoms with Gasteiger partial charge in [0.25, 0.3) is 0 Å². The molecule has 0 N–H and O–H groups in total. The molecule has 0 aliphatic carbocycles. The first-order valence-corrected chi connectivity index (χ1v) is 5.89. The fraction of sp³-hybridized carbons (Fsp3) is 0.154. The van der Waals surface area contributed by atoms with Crippen LogP contribution in [0.3, 0.4) is 0 Å². The summed E-state index contributed by atoms with van der Waals surface area (Å²) in [6, 6.07) is 9.02. The molecule has 2 rings (SSSR count). The summed E-state index contributed by atoms with van der Waals surface area (Å²) in [5.41, 5.74) is 1.73. The highest BCUT2D eigenvalue weighted by atomic mass is 35.5. The molecular formula is C13H11Cl2NO. The quantitative estimate of drug-likeness (QED) is 0.730. The Hall–Kier alpha value is -1.25. The van der Waals surface area contributed by atoms with Crippen LogP contribution in [0, 0.1) is 13.8 Å². The van der Waals surface area contributed by atoms with Gasteiger partial charge in [-0.3, -0.25) is 0 Å². The fourth-order valence-corrected chi connectivity index (χ4v) is 1.74. The smallest absolute Gasteiger partial charge is 0.148 e. The number of aromatic nitrogens is 1. The lowest BCUT2D eigenvalue weighted by molar-refractivity contribution is 0.475. The first-order chi connectivity index (χ1) is 8.06. The largest absolute Gasteiger partial charge is 0.455 e. The molecule has 88 valence electrons. The summed E-state index contributed by atoms with van der Waals surface area (Å²) in [7, 11) is 0. The van der Waals surface area contributed by atoms with Gasteiger partial charge < -0.3 is 4.74 Å². The summed E-state index contributed by atoms with van der Waals surface area (Å²) in [4.78, 5) is 4.12. The molecule has 2 nitrogen and oxygen atoms in total. The molecule has 0 bridgehead atoms. The lowest BCUT2D eigenvalue weighted by Gasteiger charge is -2.09. The van der Waals surface area contributed by atoms with Crippen LogP contribution in [-0.4, -0.2) is 4.98 Å². The van der Waals surface area contributed by atoms with Gasteiger partial charge in [-0.25, -0.2) is 4.98 Å². The number of aryl methyl sites for hydroxylation is 2. The van der Waals surface area contributed by atoms with Gasteiger partial charge in [-0.1, -0.05) is 23.2 Å². The molecule has 1 aromatic carbocycles. The van der Waals surface area contributed by atoms with Crippen LogP contribution in [-0.2, 0) is 0 Å². The number of hydrogen-bond donors (Lipinski definition) is 0. The standard InChI is InChI=1S/C13H11Cl2NO/c1-8-7-10(3-4-11(8)14)17-12-5-6-13(15)16-9(12)2/h3-7H,1-2H3. The van der Waals surface area contributed by atoms with Crippen molar-refractivity contribution in [1.29, 1.82) is 0 Å². The minimum Gasteiger partial charge on any atom is -0.455 e. The highest BCUT2D eigenvalue weighted by molar-refractivity contribution is 6.31. The van der Waals surface area contributed by atoms with E-state index in [2.05, 4.69) is 4.98 Å². The van der Waals surface area contributed by atoms with Gasteiger partial charge in [0.2, 0.25) is 0 Å². The molecule has 1 aromatic heterocycles. The van der Waals surface area contributed by atoms with E-state index in [-0.39, 0.29) is 0 Å². The Morgan fingerprint density at radius 2 is 1.82 bits per heavy atom. The highest BCUT2D eigenvalue weighted by Gasteiger charge is 2.04. The molecule has 0 fully saturated rings. The van der Waals surface area contributed by atoms with Gasteiger partial charge in [-0.15, -0.1) is 0 Å². The second-order valence-electron chi connectivity index (χ2n) is 3.73. The number of halogens is 2. The van der Waals surface area contributed by atoms with Crippen molar-refractivity contribution >= 4 is 23.2 Å². The number of rotatable bonds is 2. The van der Waals surface area contributed by atoms with E-state index < -0.39 is 0 Å². The lowest BCUT2D eigenvalue weighted by Crippen LogP contribution is -1.91. The van der Waals surface area contributed by atoms with Crippen LogP contribution >= 0.6 is 23.2 Å². The topological polar surface area (TPSA) is 22.1 Å². The Kier molecular flexibility index (Phi) is 3.55. The van der Waals surface area contributed by atoms with Crippen LogP contribution < -0.4 is 4.74 Å². The monoisotopic (exact) mass is 267 g/mol. The molecule has 0 amide bonds. The van der Waals surface area contributed by atoms with Gasteiger partial charge in [0, 0.05) is 5.02 Å². The maximum absolute atomic E-state index is 5.95. The molecule has 0 atom stereocenters. The molecule has 0 radical (unpaired) electrons. The molecule has 17 heavy (non-hydrogen) atoms. The van der Waals surface area contributed by atoms with Crippen molar-refractivity contribution in [3.63, 3.8) is 0 Å². The molecule has 0 saturated carbocycles. The van der Waals surface area contributed by atoms with E-state index in [1.807, 2.05) is 32.0 Å². The van der Waals surface area contributed by atoms with Crippen LogP contribution in [0.1, 0.15) is 11.3 Å². The molecule has 4 heteroatoms. The molecule has 0 spiro atoms. The van der Waals surface area contributed by atoms with E-state index in [1.54, 1.807) is 12.1 Å². The lowest BCUT2D eigenvalue weighted by atomic mass is 10.2. The number of pyridine rings is 1. The zero-order valence-electron chi connectivity index (χ0n) is 9.50. The molecular weight excluding hydrogens is 257 g/mol. The van der Waals surface area contributed by atoms with Gasteiger partial charge in [-0.2, -0.15) is 0 Å². The summed E-state index contributed by atoms with van der Waals surface area (Å²) in [5, 5.41) is 1.19. The molecule has 0 unspecified atom stereocenters. The average Bonchev–Trinajstić information content (AvgIpc) is 2.27. The second kappa shape index (κ2) is 4.94. The number of benzene rings is 1. The van der Waals surface area contributed by atoms with Gasteiger partial charge in [0.15, 0.2) is 0 Å². The summed E-state index contributed by atoms with van der Waals surface area (Å²) in [5.74, 6) is 1.43. The first-order valence-electron chi connectivity index (χ1n) is 5.13. The summed E-state index contributed by atoms with van der Waals surface area (Å²) < 4.78 is 5.72. The number of hydrogen-bond acceptors (Lipinski definition) is 2. The predicted octanol–water partition coefficient (Wildman–Crippen LogP) is 4.80. The van der Waals surface area contributed by atoms with Crippen molar-refractivity contribution in [2.45, 2.75) is 13.8 Å². The van der Waals surface area contributed by atoms with Crippen molar-refractivity contribution < 1.29 is 4.74 Å². The Morgan fingerprint density at radius 1 is 1.06 bits per heavy atom. The van der Waals surface area contributed by atoms with E-state index in [1.165, 1.54) is 0 Å². The van der Waals surface area contributed by atoms with Gasteiger partial charge in [0.1, 0.15) is 16.7 Å². The first kappa shape index (κ1) is 12.2. The van der Waals surface area contributed by atoms with Crippen LogP contribution in [0.25, 0.3) is 0 Å². The Bertz CT molecular complexity index is 555. The van der Waals surface area contributed by atoms with Crippen LogP contribution in [0.5, 0.6) is 11.5 Å².